The van der Waals surface area contributed by atoms with Crippen molar-refractivity contribution in [1.82, 2.24) is 24.7 Å². The van der Waals surface area contributed by atoms with Crippen LogP contribution in [0.1, 0.15) is 5.69 Å². The van der Waals surface area contributed by atoms with Gasteiger partial charge in [0.25, 0.3) is 0 Å². The van der Waals surface area contributed by atoms with Gasteiger partial charge in [0.2, 0.25) is 0 Å². The molecule has 5 rings (SSSR count). The SMILES string of the molecule is Cc1nn(-c2ccccc2)c2c(-c3ccccc3)nc(-c3cccnc3)nc12. The average Bonchev–Trinajstić information content (AvgIpc) is 3.11. The molecule has 0 radical (unpaired) electrons. The maximum atomic E-state index is 4.93. The minimum Gasteiger partial charge on any atom is -0.264 e. The van der Waals surface area contributed by atoms with Gasteiger partial charge in [-0.2, -0.15) is 5.10 Å². The van der Waals surface area contributed by atoms with Gasteiger partial charge in [-0.05, 0) is 31.2 Å². The van der Waals surface area contributed by atoms with E-state index in [0.717, 1.165) is 39.2 Å². The first-order chi connectivity index (χ1) is 13.8. The zero-order valence-corrected chi connectivity index (χ0v) is 15.3. The Morgan fingerprint density at radius 3 is 2.18 bits per heavy atom. The normalized spacial score (nSPS) is 11.0. The third-order valence-corrected chi connectivity index (χ3v) is 4.66. The summed E-state index contributed by atoms with van der Waals surface area (Å²) in [5.74, 6) is 0.648. The first kappa shape index (κ1) is 16.3. The van der Waals surface area contributed by atoms with Crippen molar-refractivity contribution in [3.63, 3.8) is 0 Å². The number of para-hydroxylation sites is 1. The van der Waals surface area contributed by atoms with Crippen LogP contribution in [-0.4, -0.2) is 24.7 Å². The van der Waals surface area contributed by atoms with Gasteiger partial charge in [-0.25, -0.2) is 14.6 Å². The van der Waals surface area contributed by atoms with Crippen molar-refractivity contribution in [2.24, 2.45) is 0 Å². The molecule has 0 N–H and O–H groups in total. The largest absolute Gasteiger partial charge is 0.264 e. The van der Waals surface area contributed by atoms with Crippen LogP contribution in [0, 0.1) is 6.92 Å². The number of aromatic nitrogens is 5. The van der Waals surface area contributed by atoms with Crippen LogP contribution in [0.15, 0.2) is 85.2 Å². The molecule has 0 spiro atoms. The van der Waals surface area contributed by atoms with Crippen LogP contribution >= 0.6 is 0 Å². The van der Waals surface area contributed by atoms with E-state index in [2.05, 4.69) is 17.1 Å². The fraction of sp³-hybridized carbons (Fsp3) is 0.0435. The third-order valence-electron chi connectivity index (χ3n) is 4.66. The molecule has 5 aromatic rings. The number of nitrogens with zero attached hydrogens (tertiary/aromatic N) is 5. The Hall–Kier alpha value is -3.86. The Balaban J connectivity index is 1.87. The van der Waals surface area contributed by atoms with E-state index in [0.29, 0.717) is 5.82 Å². The van der Waals surface area contributed by atoms with Gasteiger partial charge < -0.3 is 0 Å². The molecule has 0 saturated carbocycles. The average molecular weight is 363 g/mol. The van der Waals surface area contributed by atoms with E-state index in [4.69, 9.17) is 15.1 Å². The molecule has 0 aliphatic rings. The summed E-state index contributed by atoms with van der Waals surface area (Å²) in [4.78, 5) is 14.0. The van der Waals surface area contributed by atoms with E-state index in [1.165, 1.54) is 0 Å². The minimum atomic E-state index is 0.648. The molecule has 2 aromatic carbocycles. The van der Waals surface area contributed by atoms with E-state index in [9.17, 15) is 0 Å². The van der Waals surface area contributed by atoms with Crippen LogP contribution in [0.25, 0.3) is 39.4 Å². The molecule has 0 aliphatic carbocycles. The predicted octanol–water partition coefficient (Wildman–Crippen LogP) is 4.85. The molecular weight excluding hydrogens is 346 g/mol. The Kier molecular flexibility index (Phi) is 3.91. The summed E-state index contributed by atoms with van der Waals surface area (Å²) in [6.07, 6.45) is 3.53. The molecular formula is C23H17N5. The zero-order chi connectivity index (χ0) is 18.9. The Morgan fingerprint density at radius 1 is 0.750 bits per heavy atom. The van der Waals surface area contributed by atoms with E-state index in [1.807, 2.05) is 72.3 Å². The molecule has 5 nitrogen and oxygen atoms in total. The van der Waals surface area contributed by atoms with Gasteiger partial charge in [-0.3, -0.25) is 4.98 Å². The number of hydrogen-bond donors (Lipinski definition) is 0. The summed E-state index contributed by atoms with van der Waals surface area (Å²) in [5.41, 5.74) is 6.36. The van der Waals surface area contributed by atoms with Crippen LogP contribution in [0.4, 0.5) is 0 Å². The topological polar surface area (TPSA) is 56.5 Å². The molecule has 3 heterocycles. The van der Waals surface area contributed by atoms with E-state index in [1.54, 1.807) is 12.4 Å². The van der Waals surface area contributed by atoms with Crippen LogP contribution in [0.2, 0.25) is 0 Å². The third kappa shape index (κ3) is 2.74. The summed E-state index contributed by atoms with van der Waals surface area (Å²) in [5, 5.41) is 4.78. The molecule has 134 valence electrons. The second-order valence-corrected chi connectivity index (χ2v) is 6.53. The van der Waals surface area contributed by atoms with E-state index in [-0.39, 0.29) is 0 Å². The summed E-state index contributed by atoms with van der Waals surface area (Å²) in [6.45, 7) is 1.98. The van der Waals surface area contributed by atoms with Crippen LogP contribution in [-0.2, 0) is 0 Å². The van der Waals surface area contributed by atoms with Crippen molar-refractivity contribution >= 4 is 11.0 Å². The second-order valence-electron chi connectivity index (χ2n) is 6.53. The first-order valence-corrected chi connectivity index (χ1v) is 9.10. The van der Waals surface area contributed by atoms with Gasteiger partial charge in [0.15, 0.2) is 5.82 Å². The van der Waals surface area contributed by atoms with Crippen molar-refractivity contribution < 1.29 is 0 Å². The standard InChI is InChI=1S/C23H17N5/c1-16-20-22(28(27-16)19-12-6-3-7-13-19)21(17-9-4-2-5-10-17)26-23(25-20)18-11-8-14-24-15-18/h2-15H,1H3. The van der Waals surface area contributed by atoms with Gasteiger partial charge in [-0.15, -0.1) is 0 Å². The number of hydrogen-bond acceptors (Lipinski definition) is 4. The van der Waals surface area contributed by atoms with E-state index < -0.39 is 0 Å². The predicted molar refractivity (Wildman–Crippen MR) is 110 cm³/mol. The van der Waals surface area contributed by atoms with Crippen molar-refractivity contribution in [2.45, 2.75) is 6.92 Å². The fourth-order valence-electron chi connectivity index (χ4n) is 3.33. The summed E-state index contributed by atoms with van der Waals surface area (Å²) < 4.78 is 1.93. The zero-order valence-electron chi connectivity index (χ0n) is 15.3. The van der Waals surface area contributed by atoms with Gasteiger partial charge in [0.1, 0.15) is 16.7 Å². The highest BCUT2D eigenvalue weighted by molar-refractivity contribution is 5.93. The number of pyridine rings is 1. The molecule has 0 amide bonds. The Labute approximate surface area is 162 Å². The Bertz CT molecular complexity index is 1250. The maximum absolute atomic E-state index is 4.93. The van der Waals surface area contributed by atoms with Gasteiger partial charge in [0.05, 0.1) is 11.4 Å². The molecule has 0 saturated heterocycles. The molecule has 3 aromatic heterocycles. The highest BCUT2D eigenvalue weighted by atomic mass is 15.3. The van der Waals surface area contributed by atoms with Crippen LogP contribution in [0.3, 0.4) is 0 Å². The fourth-order valence-corrected chi connectivity index (χ4v) is 3.33. The lowest BCUT2D eigenvalue weighted by Gasteiger charge is -2.10. The molecule has 0 atom stereocenters. The van der Waals surface area contributed by atoms with Gasteiger partial charge in [-0.1, -0.05) is 48.5 Å². The lowest BCUT2D eigenvalue weighted by atomic mass is 10.1. The van der Waals surface area contributed by atoms with Crippen molar-refractivity contribution in [2.75, 3.05) is 0 Å². The van der Waals surface area contributed by atoms with Crippen LogP contribution in [0.5, 0.6) is 0 Å². The number of fused-ring (bicyclic) bond motifs is 1. The lowest BCUT2D eigenvalue weighted by molar-refractivity contribution is 0.888. The van der Waals surface area contributed by atoms with Crippen molar-refractivity contribution in [3.05, 3.63) is 90.9 Å². The van der Waals surface area contributed by atoms with Gasteiger partial charge >= 0.3 is 0 Å². The smallest absolute Gasteiger partial charge is 0.162 e. The number of rotatable bonds is 3. The molecule has 5 heteroatoms. The maximum Gasteiger partial charge on any atom is 0.162 e. The van der Waals surface area contributed by atoms with Crippen molar-refractivity contribution in [3.8, 4) is 28.3 Å². The quantitative estimate of drug-likeness (QED) is 0.460. The number of benzene rings is 2. The molecule has 28 heavy (non-hydrogen) atoms. The monoisotopic (exact) mass is 363 g/mol. The highest BCUT2D eigenvalue weighted by Crippen LogP contribution is 2.31. The highest BCUT2D eigenvalue weighted by Gasteiger charge is 2.19. The molecule has 0 aliphatic heterocycles. The summed E-state index contributed by atoms with van der Waals surface area (Å²) in [6, 6.07) is 24.1. The number of aryl methyl sites for hydroxylation is 1. The minimum absolute atomic E-state index is 0.648. The van der Waals surface area contributed by atoms with Crippen LogP contribution < -0.4 is 0 Å². The summed E-state index contributed by atoms with van der Waals surface area (Å²) in [7, 11) is 0. The summed E-state index contributed by atoms with van der Waals surface area (Å²) >= 11 is 0. The molecule has 0 unspecified atom stereocenters. The molecule has 0 fully saturated rings. The lowest BCUT2D eigenvalue weighted by Crippen LogP contribution is -2.00. The van der Waals surface area contributed by atoms with E-state index >= 15 is 0 Å². The second kappa shape index (κ2) is 6.70. The Morgan fingerprint density at radius 2 is 1.46 bits per heavy atom. The first-order valence-electron chi connectivity index (χ1n) is 9.10. The van der Waals surface area contributed by atoms with Crippen molar-refractivity contribution in [1.29, 1.82) is 0 Å². The molecule has 0 bridgehead atoms. The van der Waals surface area contributed by atoms with Gasteiger partial charge in [0, 0.05) is 23.5 Å².